The molecule has 1 aliphatic heterocycles. The van der Waals surface area contributed by atoms with Crippen LogP contribution in [0.2, 0.25) is 0 Å². The molecule has 0 bridgehead atoms. The second kappa shape index (κ2) is 3.34. The fourth-order valence-corrected chi connectivity index (χ4v) is 1.77. The van der Waals surface area contributed by atoms with Crippen LogP contribution < -0.4 is 5.32 Å². The molecule has 1 heterocycles. The molecule has 0 amide bonds. The van der Waals surface area contributed by atoms with E-state index in [4.69, 9.17) is 5.11 Å². The number of hydrogen-bond acceptors (Lipinski definition) is 2. The van der Waals surface area contributed by atoms with Crippen molar-refractivity contribution < 1.29 is 9.50 Å². The third-order valence-electron chi connectivity index (χ3n) is 2.48. The molecule has 0 unspecified atom stereocenters. The number of nitrogens with one attached hydrogen (secondary N) is 1. The molecular formula is C10H12FNO. The first-order valence-corrected chi connectivity index (χ1v) is 4.46. The minimum absolute atomic E-state index is 0.00722. The Morgan fingerprint density at radius 3 is 2.92 bits per heavy atom. The van der Waals surface area contributed by atoms with Crippen molar-refractivity contribution in [2.75, 3.05) is 13.1 Å². The van der Waals surface area contributed by atoms with Crippen LogP contribution in [0.15, 0.2) is 18.2 Å². The highest BCUT2D eigenvalue weighted by molar-refractivity contribution is 5.30. The van der Waals surface area contributed by atoms with Crippen LogP contribution in [-0.4, -0.2) is 18.2 Å². The second-order valence-electron chi connectivity index (χ2n) is 3.40. The normalized spacial score (nSPS) is 22.1. The molecule has 0 aliphatic carbocycles. The van der Waals surface area contributed by atoms with E-state index in [1.165, 1.54) is 12.1 Å². The number of hydrogen-bond donors (Lipinski definition) is 2. The van der Waals surface area contributed by atoms with Gasteiger partial charge in [0.1, 0.15) is 11.6 Å². The molecule has 3 heteroatoms. The molecule has 1 fully saturated rings. The smallest absolute Gasteiger partial charge is 0.130 e. The summed E-state index contributed by atoms with van der Waals surface area (Å²) in [5, 5.41) is 12.2. The van der Waals surface area contributed by atoms with Crippen molar-refractivity contribution in [3.63, 3.8) is 0 Å². The average molecular weight is 181 g/mol. The van der Waals surface area contributed by atoms with Gasteiger partial charge in [-0.2, -0.15) is 0 Å². The molecule has 1 atom stereocenters. The van der Waals surface area contributed by atoms with Gasteiger partial charge in [0.05, 0.1) is 0 Å². The van der Waals surface area contributed by atoms with Crippen LogP contribution in [0.4, 0.5) is 4.39 Å². The molecular weight excluding hydrogens is 169 g/mol. The van der Waals surface area contributed by atoms with Gasteiger partial charge in [-0.25, -0.2) is 4.39 Å². The van der Waals surface area contributed by atoms with Gasteiger partial charge in [-0.1, -0.05) is 6.07 Å². The molecule has 2 rings (SSSR count). The van der Waals surface area contributed by atoms with Gasteiger partial charge in [-0.05, 0) is 24.6 Å². The summed E-state index contributed by atoms with van der Waals surface area (Å²) < 4.78 is 13.3. The molecule has 13 heavy (non-hydrogen) atoms. The number of benzene rings is 1. The van der Waals surface area contributed by atoms with Crippen LogP contribution in [0.25, 0.3) is 0 Å². The molecule has 1 aromatic rings. The third-order valence-corrected chi connectivity index (χ3v) is 2.48. The molecule has 1 saturated heterocycles. The topological polar surface area (TPSA) is 32.3 Å². The van der Waals surface area contributed by atoms with Gasteiger partial charge in [-0.15, -0.1) is 0 Å². The minimum Gasteiger partial charge on any atom is -0.508 e. The van der Waals surface area contributed by atoms with Gasteiger partial charge in [0, 0.05) is 18.5 Å². The maximum atomic E-state index is 13.3. The lowest BCUT2D eigenvalue weighted by Gasteiger charge is -2.09. The van der Waals surface area contributed by atoms with Crippen molar-refractivity contribution in [3.8, 4) is 5.75 Å². The first-order valence-electron chi connectivity index (χ1n) is 4.46. The van der Waals surface area contributed by atoms with Crippen LogP contribution in [0.5, 0.6) is 5.75 Å². The molecule has 0 spiro atoms. The fourth-order valence-electron chi connectivity index (χ4n) is 1.77. The predicted molar refractivity (Wildman–Crippen MR) is 48.3 cm³/mol. The zero-order chi connectivity index (χ0) is 9.26. The van der Waals surface area contributed by atoms with E-state index in [0.717, 1.165) is 19.5 Å². The lowest BCUT2D eigenvalue weighted by molar-refractivity contribution is 0.466. The summed E-state index contributed by atoms with van der Waals surface area (Å²) in [4.78, 5) is 0. The SMILES string of the molecule is Oc1ccc([C@H]2CCNC2)c(F)c1. The zero-order valence-electron chi connectivity index (χ0n) is 7.26. The molecule has 2 N–H and O–H groups in total. The summed E-state index contributed by atoms with van der Waals surface area (Å²) in [6.45, 7) is 1.78. The summed E-state index contributed by atoms with van der Waals surface area (Å²) in [5.41, 5.74) is 0.711. The number of phenolic OH excluding ortho intramolecular Hbond substituents is 1. The van der Waals surface area contributed by atoms with E-state index in [1.807, 2.05) is 0 Å². The Kier molecular flexibility index (Phi) is 2.19. The molecule has 70 valence electrons. The lowest BCUT2D eigenvalue weighted by Crippen LogP contribution is -2.08. The summed E-state index contributed by atoms with van der Waals surface area (Å²) in [6.07, 6.45) is 0.974. The minimum atomic E-state index is -0.297. The largest absolute Gasteiger partial charge is 0.508 e. The zero-order valence-corrected chi connectivity index (χ0v) is 7.26. The standard InChI is InChI=1S/C10H12FNO/c11-10-5-8(13)1-2-9(10)7-3-4-12-6-7/h1-2,5,7,12-13H,3-4,6H2/t7-/m0/s1. The van der Waals surface area contributed by atoms with E-state index in [0.29, 0.717) is 5.56 Å². The summed E-state index contributed by atoms with van der Waals surface area (Å²) >= 11 is 0. The first kappa shape index (κ1) is 8.51. The van der Waals surface area contributed by atoms with Crippen LogP contribution in [0.1, 0.15) is 17.9 Å². The first-order chi connectivity index (χ1) is 6.27. The van der Waals surface area contributed by atoms with Crippen LogP contribution in [0, 0.1) is 5.82 Å². The van der Waals surface area contributed by atoms with Crippen LogP contribution >= 0.6 is 0 Å². The van der Waals surface area contributed by atoms with E-state index in [-0.39, 0.29) is 17.5 Å². The fraction of sp³-hybridized carbons (Fsp3) is 0.400. The Balaban J connectivity index is 2.29. The van der Waals surface area contributed by atoms with Gasteiger partial charge in [-0.3, -0.25) is 0 Å². The average Bonchev–Trinajstić information content (AvgIpc) is 2.56. The molecule has 1 aliphatic rings. The molecule has 1 aromatic carbocycles. The van der Waals surface area contributed by atoms with Gasteiger partial charge < -0.3 is 10.4 Å². The van der Waals surface area contributed by atoms with Crippen molar-refractivity contribution in [1.29, 1.82) is 0 Å². The predicted octanol–water partition coefficient (Wildman–Crippen LogP) is 1.61. The summed E-state index contributed by atoms with van der Waals surface area (Å²) in [6, 6.07) is 4.38. The van der Waals surface area contributed by atoms with E-state index < -0.39 is 0 Å². The Hall–Kier alpha value is -1.09. The van der Waals surface area contributed by atoms with Crippen molar-refractivity contribution in [2.45, 2.75) is 12.3 Å². The van der Waals surface area contributed by atoms with Crippen molar-refractivity contribution in [1.82, 2.24) is 5.32 Å². The Morgan fingerprint density at radius 2 is 2.31 bits per heavy atom. The highest BCUT2D eigenvalue weighted by Crippen LogP contribution is 2.26. The molecule has 0 saturated carbocycles. The second-order valence-corrected chi connectivity index (χ2v) is 3.40. The van der Waals surface area contributed by atoms with Gasteiger partial charge >= 0.3 is 0 Å². The van der Waals surface area contributed by atoms with Gasteiger partial charge in [0.2, 0.25) is 0 Å². The third kappa shape index (κ3) is 1.65. The number of phenols is 1. The quantitative estimate of drug-likeness (QED) is 0.689. The van der Waals surface area contributed by atoms with Crippen LogP contribution in [0.3, 0.4) is 0 Å². The van der Waals surface area contributed by atoms with E-state index in [1.54, 1.807) is 6.07 Å². The van der Waals surface area contributed by atoms with Gasteiger partial charge in [0.25, 0.3) is 0 Å². The van der Waals surface area contributed by atoms with E-state index in [9.17, 15) is 4.39 Å². The van der Waals surface area contributed by atoms with Crippen molar-refractivity contribution in [2.24, 2.45) is 0 Å². The Morgan fingerprint density at radius 1 is 1.46 bits per heavy atom. The summed E-state index contributed by atoms with van der Waals surface area (Å²) in [7, 11) is 0. The highest BCUT2D eigenvalue weighted by Gasteiger charge is 2.19. The number of aromatic hydroxyl groups is 1. The van der Waals surface area contributed by atoms with Crippen LogP contribution in [-0.2, 0) is 0 Å². The van der Waals surface area contributed by atoms with Gasteiger partial charge in [0.15, 0.2) is 0 Å². The lowest BCUT2D eigenvalue weighted by atomic mass is 9.98. The number of rotatable bonds is 1. The maximum absolute atomic E-state index is 13.3. The van der Waals surface area contributed by atoms with E-state index in [2.05, 4.69) is 5.32 Å². The van der Waals surface area contributed by atoms with E-state index >= 15 is 0 Å². The Bertz CT molecular complexity index is 308. The Labute approximate surface area is 76.4 Å². The maximum Gasteiger partial charge on any atom is 0.130 e. The summed E-state index contributed by atoms with van der Waals surface area (Å²) in [5.74, 6) is -0.0403. The molecule has 2 nitrogen and oxygen atoms in total. The monoisotopic (exact) mass is 181 g/mol. The highest BCUT2D eigenvalue weighted by atomic mass is 19.1. The molecule has 0 aromatic heterocycles. The number of halogens is 1. The van der Waals surface area contributed by atoms with Crippen molar-refractivity contribution >= 4 is 0 Å². The van der Waals surface area contributed by atoms with Crippen molar-refractivity contribution in [3.05, 3.63) is 29.6 Å². The molecule has 0 radical (unpaired) electrons.